The van der Waals surface area contributed by atoms with E-state index in [1.165, 1.54) is 6.42 Å². The summed E-state index contributed by atoms with van der Waals surface area (Å²) in [5, 5.41) is 0. The highest BCUT2D eigenvalue weighted by molar-refractivity contribution is 7.89. The van der Waals surface area contributed by atoms with Crippen LogP contribution in [0.3, 0.4) is 0 Å². The maximum atomic E-state index is 13.6. The molecule has 0 spiro atoms. The van der Waals surface area contributed by atoms with Gasteiger partial charge in [-0.3, -0.25) is 0 Å². The van der Waals surface area contributed by atoms with Crippen molar-refractivity contribution in [2.24, 2.45) is 0 Å². The zero-order valence-corrected chi connectivity index (χ0v) is 21.0. The number of nitrogens with zero attached hydrogens (tertiary/aromatic N) is 1. The smallest absolute Gasteiger partial charge is 0.424 e. The van der Waals surface area contributed by atoms with Crippen molar-refractivity contribution >= 4 is 16.1 Å². The van der Waals surface area contributed by atoms with E-state index < -0.39 is 27.8 Å². The van der Waals surface area contributed by atoms with Crippen LogP contribution >= 0.6 is 0 Å². The molecule has 0 heterocycles. The summed E-state index contributed by atoms with van der Waals surface area (Å²) in [4.78, 5) is 13.2. The SMILES string of the molecule is CCCCC/C=C/CC(CCCC)N(C(=O)OC(C)(C)C)S(=O)(=O)c1ccc(C)cc1. The minimum absolute atomic E-state index is 0.109. The number of aryl methyl sites for hydroxylation is 1. The standard InChI is InChI=1S/C25H41NO4S/c1-7-9-11-12-13-14-16-22(15-10-8-2)26(24(27)30-25(4,5)6)31(28,29)23-19-17-21(3)18-20-23/h13-14,17-20,22H,7-12,15-16H2,1-6H3/b14-13+. The number of carbonyl (C=O) groups excluding carboxylic acids is 1. The normalized spacial score (nSPS) is 13.4. The van der Waals surface area contributed by atoms with E-state index in [1.807, 2.05) is 13.0 Å². The molecule has 5 nitrogen and oxygen atoms in total. The van der Waals surface area contributed by atoms with Crippen LogP contribution in [0.4, 0.5) is 4.79 Å². The third kappa shape index (κ3) is 9.46. The van der Waals surface area contributed by atoms with E-state index in [-0.39, 0.29) is 4.90 Å². The molecule has 1 amide bonds. The van der Waals surface area contributed by atoms with Crippen LogP contribution in [0.25, 0.3) is 0 Å². The molecular formula is C25H41NO4S. The number of unbranched alkanes of at least 4 members (excludes halogenated alkanes) is 4. The lowest BCUT2D eigenvalue weighted by Gasteiger charge is -2.32. The first kappa shape index (κ1) is 27.2. The van der Waals surface area contributed by atoms with Crippen LogP contribution in [0.5, 0.6) is 0 Å². The maximum absolute atomic E-state index is 13.6. The molecular weight excluding hydrogens is 410 g/mol. The molecule has 0 aliphatic carbocycles. The molecule has 1 aromatic rings. The van der Waals surface area contributed by atoms with Gasteiger partial charge < -0.3 is 4.74 Å². The topological polar surface area (TPSA) is 63.7 Å². The summed E-state index contributed by atoms with van der Waals surface area (Å²) in [7, 11) is -4.05. The van der Waals surface area contributed by atoms with E-state index in [0.717, 1.165) is 42.0 Å². The molecule has 0 N–H and O–H groups in total. The predicted molar refractivity (Wildman–Crippen MR) is 128 cm³/mol. The van der Waals surface area contributed by atoms with Crippen LogP contribution in [0.2, 0.25) is 0 Å². The Morgan fingerprint density at radius 1 is 1.03 bits per heavy atom. The molecule has 1 unspecified atom stereocenters. The molecule has 0 aliphatic rings. The predicted octanol–water partition coefficient (Wildman–Crippen LogP) is 7.01. The van der Waals surface area contributed by atoms with E-state index in [0.29, 0.717) is 12.8 Å². The minimum atomic E-state index is -4.05. The zero-order valence-electron chi connectivity index (χ0n) is 20.2. The molecule has 0 saturated carbocycles. The highest BCUT2D eigenvalue weighted by atomic mass is 32.2. The molecule has 0 saturated heterocycles. The van der Waals surface area contributed by atoms with Crippen molar-refractivity contribution in [1.29, 1.82) is 0 Å². The molecule has 0 aliphatic heterocycles. The first-order valence-electron chi connectivity index (χ1n) is 11.5. The Labute approximate surface area is 189 Å². The van der Waals surface area contributed by atoms with Crippen molar-refractivity contribution in [3.8, 4) is 0 Å². The fraction of sp³-hybridized carbons (Fsp3) is 0.640. The third-order valence-electron chi connectivity index (χ3n) is 4.92. The lowest BCUT2D eigenvalue weighted by atomic mass is 10.1. The maximum Gasteiger partial charge on any atom is 0.424 e. The van der Waals surface area contributed by atoms with E-state index >= 15 is 0 Å². The number of carbonyl (C=O) groups is 1. The summed E-state index contributed by atoms with van der Waals surface area (Å²) in [6.07, 6.45) is 10.5. The molecule has 1 atom stereocenters. The fourth-order valence-corrected chi connectivity index (χ4v) is 4.75. The number of benzene rings is 1. The lowest BCUT2D eigenvalue weighted by Crippen LogP contribution is -2.46. The van der Waals surface area contributed by atoms with E-state index in [9.17, 15) is 13.2 Å². The highest BCUT2D eigenvalue weighted by Gasteiger charge is 2.38. The van der Waals surface area contributed by atoms with E-state index in [1.54, 1.807) is 45.0 Å². The van der Waals surface area contributed by atoms with Gasteiger partial charge in [0, 0.05) is 0 Å². The largest absolute Gasteiger partial charge is 0.443 e. The molecule has 0 radical (unpaired) electrons. The van der Waals surface area contributed by atoms with Crippen molar-refractivity contribution in [1.82, 2.24) is 4.31 Å². The van der Waals surface area contributed by atoms with Crippen LogP contribution in [-0.4, -0.2) is 30.5 Å². The summed E-state index contributed by atoms with van der Waals surface area (Å²) in [6, 6.07) is 6.12. The number of amides is 1. The van der Waals surface area contributed by atoms with E-state index in [2.05, 4.69) is 19.9 Å². The quantitative estimate of drug-likeness (QED) is 0.253. The van der Waals surface area contributed by atoms with Crippen LogP contribution in [0.15, 0.2) is 41.3 Å². The van der Waals surface area contributed by atoms with Gasteiger partial charge in [-0.25, -0.2) is 13.2 Å². The zero-order chi connectivity index (χ0) is 23.5. The third-order valence-corrected chi connectivity index (χ3v) is 6.76. The summed E-state index contributed by atoms with van der Waals surface area (Å²) >= 11 is 0. The molecule has 0 bridgehead atoms. The van der Waals surface area contributed by atoms with Gasteiger partial charge in [0.15, 0.2) is 0 Å². The number of hydrogen-bond donors (Lipinski definition) is 0. The van der Waals surface area contributed by atoms with Gasteiger partial charge in [-0.15, -0.1) is 0 Å². The molecule has 1 rings (SSSR count). The van der Waals surface area contributed by atoms with Gasteiger partial charge in [0.2, 0.25) is 0 Å². The fourth-order valence-electron chi connectivity index (χ4n) is 3.23. The van der Waals surface area contributed by atoms with Gasteiger partial charge in [-0.2, -0.15) is 4.31 Å². The molecule has 176 valence electrons. The summed E-state index contributed by atoms with van der Waals surface area (Å²) in [5.74, 6) is 0. The van der Waals surface area contributed by atoms with Crippen molar-refractivity contribution in [3.63, 3.8) is 0 Å². The first-order chi connectivity index (χ1) is 14.5. The van der Waals surface area contributed by atoms with Crippen LogP contribution in [0.1, 0.15) is 91.5 Å². The monoisotopic (exact) mass is 451 g/mol. The van der Waals surface area contributed by atoms with Gasteiger partial charge in [-0.1, -0.05) is 69.4 Å². The molecule has 1 aromatic carbocycles. The molecule has 6 heteroatoms. The molecule has 0 aromatic heterocycles. The van der Waals surface area contributed by atoms with Crippen LogP contribution in [-0.2, 0) is 14.8 Å². The second kappa shape index (κ2) is 12.9. The van der Waals surface area contributed by atoms with E-state index in [4.69, 9.17) is 4.74 Å². The second-order valence-corrected chi connectivity index (χ2v) is 10.9. The lowest BCUT2D eigenvalue weighted by molar-refractivity contribution is 0.0333. The Balaban J connectivity index is 3.27. The summed E-state index contributed by atoms with van der Waals surface area (Å²) in [6.45, 7) is 11.4. The van der Waals surface area contributed by atoms with Crippen molar-refractivity contribution in [3.05, 3.63) is 42.0 Å². The van der Waals surface area contributed by atoms with Crippen LogP contribution in [0, 0.1) is 6.92 Å². The van der Waals surface area contributed by atoms with Crippen molar-refractivity contribution < 1.29 is 17.9 Å². The Bertz CT molecular complexity index is 792. The number of allylic oxidation sites excluding steroid dienone is 1. The van der Waals surface area contributed by atoms with Gasteiger partial charge in [0.1, 0.15) is 5.60 Å². The Kier molecular flexibility index (Phi) is 11.3. The Morgan fingerprint density at radius 2 is 1.65 bits per heavy atom. The van der Waals surface area contributed by atoms with Gasteiger partial charge >= 0.3 is 6.09 Å². The number of ether oxygens (including phenoxy) is 1. The van der Waals surface area contributed by atoms with Crippen LogP contribution < -0.4 is 0 Å². The van der Waals surface area contributed by atoms with Gasteiger partial charge in [0.25, 0.3) is 10.0 Å². The summed E-state index contributed by atoms with van der Waals surface area (Å²) in [5.41, 5.74) is 0.170. The average molecular weight is 452 g/mol. The molecule has 31 heavy (non-hydrogen) atoms. The highest BCUT2D eigenvalue weighted by Crippen LogP contribution is 2.26. The second-order valence-electron chi connectivity index (χ2n) is 9.09. The van der Waals surface area contributed by atoms with Gasteiger partial charge in [-0.05, 0) is 65.5 Å². The van der Waals surface area contributed by atoms with Crippen molar-refractivity contribution in [2.45, 2.75) is 109 Å². The Hall–Kier alpha value is -1.82. The number of sulfonamides is 1. The first-order valence-corrected chi connectivity index (χ1v) is 13.0. The average Bonchev–Trinajstić information content (AvgIpc) is 2.67. The number of hydrogen-bond acceptors (Lipinski definition) is 4. The van der Waals surface area contributed by atoms with Crippen molar-refractivity contribution in [2.75, 3.05) is 0 Å². The summed E-state index contributed by atoms with van der Waals surface area (Å²) < 4.78 is 33.6. The van der Waals surface area contributed by atoms with Gasteiger partial charge in [0.05, 0.1) is 10.9 Å². The molecule has 0 fully saturated rings. The number of rotatable bonds is 12. The minimum Gasteiger partial charge on any atom is -0.443 e. The Morgan fingerprint density at radius 3 is 2.19 bits per heavy atom.